The summed E-state index contributed by atoms with van der Waals surface area (Å²) in [4.78, 5) is 4.48. The van der Waals surface area contributed by atoms with Crippen LogP contribution in [0.4, 0.5) is 0 Å². The van der Waals surface area contributed by atoms with Crippen LogP contribution < -0.4 is 5.32 Å². The van der Waals surface area contributed by atoms with Gasteiger partial charge in [0.15, 0.2) is 5.65 Å². The van der Waals surface area contributed by atoms with E-state index in [9.17, 15) is 5.11 Å². The van der Waals surface area contributed by atoms with Gasteiger partial charge in [-0.1, -0.05) is 0 Å². The molecule has 2 aromatic heterocycles. The fourth-order valence-corrected chi connectivity index (χ4v) is 3.27. The number of hydrogen-bond donors (Lipinski definition) is 2. The molecular formula is C15H24N4OS. The Hall–Kier alpha value is -1.11. The van der Waals surface area contributed by atoms with Crippen molar-refractivity contribution in [3.63, 3.8) is 0 Å². The summed E-state index contributed by atoms with van der Waals surface area (Å²) in [6, 6.07) is 2.35. The van der Waals surface area contributed by atoms with Gasteiger partial charge in [0, 0.05) is 40.9 Å². The van der Waals surface area contributed by atoms with E-state index in [4.69, 9.17) is 0 Å². The average molecular weight is 308 g/mol. The summed E-state index contributed by atoms with van der Waals surface area (Å²) in [6.45, 7) is 8.45. The molecule has 2 rings (SSSR count). The monoisotopic (exact) mass is 308 g/mol. The molecule has 0 aliphatic heterocycles. The summed E-state index contributed by atoms with van der Waals surface area (Å²) in [7, 11) is 0. The molecule has 0 radical (unpaired) electrons. The van der Waals surface area contributed by atoms with Gasteiger partial charge >= 0.3 is 0 Å². The third kappa shape index (κ3) is 3.39. The van der Waals surface area contributed by atoms with E-state index in [1.54, 1.807) is 11.8 Å². The van der Waals surface area contributed by atoms with E-state index in [-0.39, 0.29) is 23.9 Å². The van der Waals surface area contributed by atoms with Crippen LogP contribution in [0.2, 0.25) is 0 Å². The Bertz CT molecular complexity index is 609. The summed E-state index contributed by atoms with van der Waals surface area (Å²) in [5, 5.41) is 17.6. The van der Waals surface area contributed by atoms with Crippen molar-refractivity contribution in [3.05, 3.63) is 29.2 Å². The molecule has 0 aliphatic rings. The Kier molecular flexibility index (Phi) is 5.24. The fraction of sp³-hybridized carbons (Fsp3) is 0.600. The van der Waals surface area contributed by atoms with Crippen LogP contribution in [0.25, 0.3) is 5.65 Å². The number of aliphatic hydroxyl groups is 1. The van der Waals surface area contributed by atoms with E-state index >= 15 is 0 Å². The second-order valence-corrected chi connectivity index (χ2v) is 6.57. The van der Waals surface area contributed by atoms with Crippen molar-refractivity contribution in [1.29, 1.82) is 0 Å². The van der Waals surface area contributed by atoms with Crippen molar-refractivity contribution in [2.24, 2.45) is 0 Å². The third-order valence-electron chi connectivity index (χ3n) is 3.90. The van der Waals surface area contributed by atoms with Crippen LogP contribution in [0, 0.1) is 13.8 Å². The Balaban J connectivity index is 2.23. The van der Waals surface area contributed by atoms with Gasteiger partial charge in [-0.25, -0.2) is 9.50 Å². The number of aliphatic hydroxyl groups excluding tert-OH is 1. The highest BCUT2D eigenvalue weighted by atomic mass is 32.2. The van der Waals surface area contributed by atoms with Crippen LogP contribution in [0.5, 0.6) is 0 Å². The molecule has 0 aliphatic carbocycles. The predicted molar refractivity (Wildman–Crippen MR) is 87.9 cm³/mol. The number of aromatic nitrogens is 3. The van der Waals surface area contributed by atoms with E-state index in [1.165, 1.54) is 0 Å². The highest BCUT2D eigenvalue weighted by Crippen LogP contribution is 2.20. The average Bonchev–Trinajstić information content (AvgIpc) is 2.82. The quantitative estimate of drug-likeness (QED) is 0.856. The summed E-state index contributed by atoms with van der Waals surface area (Å²) < 4.78 is 1.89. The number of nitrogens with one attached hydrogen (secondary N) is 1. The minimum absolute atomic E-state index is 0.155. The van der Waals surface area contributed by atoms with E-state index < -0.39 is 0 Å². The molecule has 21 heavy (non-hydrogen) atoms. The molecule has 0 fully saturated rings. The van der Waals surface area contributed by atoms with Crippen LogP contribution in [0.1, 0.15) is 36.8 Å². The zero-order valence-corrected chi connectivity index (χ0v) is 14.1. The van der Waals surface area contributed by atoms with Crippen molar-refractivity contribution in [1.82, 2.24) is 19.9 Å². The normalized spacial score (nSPS) is 16.1. The molecule has 0 spiro atoms. The van der Waals surface area contributed by atoms with Gasteiger partial charge in [0.25, 0.3) is 0 Å². The molecule has 0 aromatic carbocycles. The molecule has 116 valence electrons. The summed E-state index contributed by atoms with van der Waals surface area (Å²) in [6.07, 6.45) is 3.94. The number of rotatable bonds is 6. The van der Waals surface area contributed by atoms with Gasteiger partial charge in [0.2, 0.25) is 0 Å². The first-order chi connectivity index (χ1) is 9.97. The largest absolute Gasteiger partial charge is 0.395 e. The summed E-state index contributed by atoms with van der Waals surface area (Å²) in [5.74, 6) is 0. The molecule has 5 nitrogen and oxygen atoms in total. The minimum Gasteiger partial charge on any atom is -0.395 e. The van der Waals surface area contributed by atoms with Gasteiger partial charge in [-0.2, -0.15) is 16.9 Å². The van der Waals surface area contributed by atoms with Crippen molar-refractivity contribution in [2.45, 2.75) is 45.0 Å². The molecule has 0 saturated carbocycles. The van der Waals surface area contributed by atoms with Crippen LogP contribution in [-0.2, 0) is 0 Å². The number of aryl methyl sites for hydroxylation is 2. The van der Waals surface area contributed by atoms with Crippen molar-refractivity contribution >= 4 is 17.4 Å². The molecular weight excluding hydrogens is 284 g/mol. The highest BCUT2D eigenvalue weighted by Gasteiger charge is 2.20. The maximum atomic E-state index is 9.39. The number of thioether (sulfide) groups is 1. The summed E-state index contributed by atoms with van der Waals surface area (Å²) >= 11 is 1.68. The number of nitrogens with zero attached hydrogens (tertiary/aromatic N) is 3. The molecule has 3 unspecified atom stereocenters. The Morgan fingerprint density at radius 2 is 2.10 bits per heavy atom. The topological polar surface area (TPSA) is 62.5 Å². The van der Waals surface area contributed by atoms with Crippen LogP contribution in [0.15, 0.2) is 12.3 Å². The van der Waals surface area contributed by atoms with Crippen LogP contribution >= 0.6 is 11.8 Å². The first-order valence-corrected chi connectivity index (χ1v) is 8.48. The van der Waals surface area contributed by atoms with Crippen LogP contribution in [-0.4, -0.2) is 43.9 Å². The molecule has 0 amide bonds. The maximum absolute atomic E-state index is 9.39. The lowest BCUT2D eigenvalue weighted by molar-refractivity contribution is 0.271. The van der Waals surface area contributed by atoms with Gasteiger partial charge in [0.1, 0.15) is 0 Å². The lowest BCUT2D eigenvalue weighted by Gasteiger charge is -2.26. The third-order valence-corrected chi connectivity index (χ3v) is 5.07. The molecule has 0 saturated heterocycles. The Morgan fingerprint density at radius 3 is 2.71 bits per heavy atom. The van der Waals surface area contributed by atoms with Gasteiger partial charge < -0.3 is 10.4 Å². The number of fused-ring (bicyclic) bond motifs is 1. The molecule has 2 heterocycles. The second-order valence-electron chi connectivity index (χ2n) is 5.49. The molecule has 6 heteroatoms. The van der Waals surface area contributed by atoms with Gasteiger partial charge in [-0.15, -0.1) is 0 Å². The Morgan fingerprint density at radius 1 is 1.38 bits per heavy atom. The first-order valence-electron chi connectivity index (χ1n) is 7.19. The standard InChI is InChI=1S/C15H24N4OS/c1-9-6-15-16-7-13(12(4)19(15)18-9)10(2)17-11(3)14(8-20)21-5/h6-7,10-11,14,17,20H,8H2,1-5H3. The van der Waals surface area contributed by atoms with Crippen molar-refractivity contribution in [3.8, 4) is 0 Å². The zero-order valence-electron chi connectivity index (χ0n) is 13.3. The summed E-state index contributed by atoms with van der Waals surface area (Å²) in [5.41, 5.74) is 4.09. The van der Waals surface area contributed by atoms with Gasteiger partial charge in [0.05, 0.1) is 12.3 Å². The van der Waals surface area contributed by atoms with Crippen LogP contribution in [0.3, 0.4) is 0 Å². The minimum atomic E-state index is 0.155. The zero-order chi connectivity index (χ0) is 15.6. The van der Waals surface area contributed by atoms with Gasteiger partial charge in [-0.05, 0) is 34.0 Å². The second kappa shape index (κ2) is 6.77. The smallest absolute Gasteiger partial charge is 0.155 e. The van der Waals surface area contributed by atoms with E-state index in [2.05, 4.69) is 36.2 Å². The lowest BCUT2D eigenvalue weighted by atomic mass is 10.1. The Labute approximate surface area is 130 Å². The first kappa shape index (κ1) is 16.3. The van der Waals surface area contributed by atoms with E-state index in [0.29, 0.717) is 0 Å². The predicted octanol–water partition coefficient (Wildman–Crippen LogP) is 2.11. The lowest BCUT2D eigenvalue weighted by Crippen LogP contribution is -2.39. The van der Waals surface area contributed by atoms with Gasteiger partial charge in [-0.3, -0.25) is 0 Å². The fourth-order valence-electron chi connectivity index (χ4n) is 2.63. The molecule has 2 N–H and O–H groups in total. The highest BCUT2D eigenvalue weighted by molar-refractivity contribution is 7.99. The van der Waals surface area contributed by atoms with E-state index in [0.717, 1.165) is 22.6 Å². The SMILES string of the molecule is CSC(CO)C(C)NC(C)c1cnc2cc(C)nn2c1C. The molecule has 2 aromatic rings. The molecule has 3 atom stereocenters. The van der Waals surface area contributed by atoms with Crippen molar-refractivity contribution in [2.75, 3.05) is 12.9 Å². The molecule has 0 bridgehead atoms. The van der Waals surface area contributed by atoms with E-state index in [1.807, 2.05) is 30.0 Å². The van der Waals surface area contributed by atoms with Crippen molar-refractivity contribution < 1.29 is 5.11 Å². The number of hydrogen-bond acceptors (Lipinski definition) is 5. The maximum Gasteiger partial charge on any atom is 0.155 e.